The summed E-state index contributed by atoms with van der Waals surface area (Å²) in [5.74, 6) is -2.26. The second-order valence-electron chi connectivity index (χ2n) is 8.24. The molecule has 1 amide bonds. The normalized spacial score (nSPS) is 15.1. The van der Waals surface area contributed by atoms with E-state index in [1.807, 2.05) is 54.0 Å². The van der Waals surface area contributed by atoms with Gasteiger partial charge in [0.2, 0.25) is 11.7 Å². The maximum atomic E-state index is 15.0. The first kappa shape index (κ1) is 24.3. The molecule has 1 aromatic heterocycles. The third kappa shape index (κ3) is 5.17. The lowest BCUT2D eigenvalue weighted by atomic mass is 10.0. The highest BCUT2D eigenvalue weighted by Crippen LogP contribution is 2.29. The molecule has 2 aromatic carbocycles. The zero-order chi connectivity index (χ0) is 24.9. The van der Waals surface area contributed by atoms with E-state index in [0.717, 1.165) is 5.56 Å². The summed E-state index contributed by atoms with van der Waals surface area (Å²) in [6, 6.07) is 13.9. The monoisotopic (exact) mass is 481 g/mol. The number of aromatic nitrogens is 2. The molecular weight excluding hydrogens is 453 g/mol. The summed E-state index contributed by atoms with van der Waals surface area (Å²) in [6.07, 6.45) is 0. The molecular formula is C25H28FN5O4. The molecule has 1 aliphatic heterocycles. The molecule has 1 unspecified atom stereocenters. The van der Waals surface area contributed by atoms with Crippen LogP contribution in [0.5, 0.6) is 0 Å². The van der Waals surface area contributed by atoms with Crippen LogP contribution in [0.3, 0.4) is 0 Å². The number of amides is 1. The minimum absolute atomic E-state index is 0.0123. The highest BCUT2D eigenvalue weighted by molar-refractivity contribution is 5.83. The van der Waals surface area contributed by atoms with Gasteiger partial charge in [0, 0.05) is 44.8 Å². The Morgan fingerprint density at radius 3 is 2.34 bits per heavy atom. The van der Waals surface area contributed by atoms with Crippen LogP contribution in [0.2, 0.25) is 0 Å². The van der Waals surface area contributed by atoms with Crippen molar-refractivity contribution < 1.29 is 23.6 Å². The molecule has 1 atom stereocenters. The third-order valence-corrected chi connectivity index (χ3v) is 6.26. The third-order valence-electron chi connectivity index (χ3n) is 6.26. The van der Waals surface area contributed by atoms with Crippen molar-refractivity contribution in [1.82, 2.24) is 19.9 Å². The second-order valence-corrected chi connectivity index (χ2v) is 8.24. The number of aromatic carboxylic acids is 1. The van der Waals surface area contributed by atoms with Gasteiger partial charge in [-0.1, -0.05) is 35.5 Å². The molecule has 1 saturated heterocycles. The van der Waals surface area contributed by atoms with Crippen molar-refractivity contribution in [2.75, 3.05) is 44.2 Å². The Bertz CT molecular complexity index is 1170. The highest BCUT2D eigenvalue weighted by atomic mass is 19.1. The molecule has 1 aliphatic rings. The van der Waals surface area contributed by atoms with Crippen molar-refractivity contribution in [2.45, 2.75) is 19.9 Å². The number of carbonyl (C=O) groups excluding carboxylic acids is 1. The van der Waals surface area contributed by atoms with Crippen LogP contribution in [0.4, 0.5) is 10.1 Å². The van der Waals surface area contributed by atoms with Gasteiger partial charge in [-0.25, -0.2) is 9.18 Å². The molecule has 0 bridgehead atoms. The molecule has 2 heterocycles. The predicted molar refractivity (Wildman–Crippen MR) is 128 cm³/mol. The van der Waals surface area contributed by atoms with Crippen molar-refractivity contribution >= 4 is 17.6 Å². The fourth-order valence-corrected chi connectivity index (χ4v) is 4.40. The van der Waals surface area contributed by atoms with Gasteiger partial charge >= 0.3 is 11.9 Å². The molecule has 35 heavy (non-hydrogen) atoms. The summed E-state index contributed by atoms with van der Waals surface area (Å²) in [7, 11) is 0. The second kappa shape index (κ2) is 10.6. The van der Waals surface area contributed by atoms with Crippen LogP contribution in [0, 0.1) is 5.82 Å². The molecule has 1 N–H and O–H groups in total. The van der Waals surface area contributed by atoms with E-state index in [1.165, 1.54) is 6.07 Å². The Morgan fingerprint density at radius 1 is 1.09 bits per heavy atom. The first-order valence-electron chi connectivity index (χ1n) is 11.6. The molecule has 1 fully saturated rings. The fraction of sp³-hybridized carbons (Fsp3) is 0.360. The average Bonchev–Trinajstić information content (AvgIpc) is 3.37. The Morgan fingerprint density at radius 2 is 1.77 bits per heavy atom. The van der Waals surface area contributed by atoms with Gasteiger partial charge < -0.3 is 19.4 Å². The van der Waals surface area contributed by atoms with E-state index in [2.05, 4.69) is 19.6 Å². The van der Waals surface area contributed by atoms with Crippen LogP contribution in [-0.4, -0.2) is 76.2 Å². The van der Waals surface area contributed by atoms with Gasteiger partial charge in [0.1, 0.15) is 11.9 Å². The number of hydrogen-bond acceptors (Lipinski definition) is 7. The molecule has 9 nitrogen and oxygen atoms in total. The number of anilines is 1. The first-order chi connectivity index (χ1) is 16.9. The Hall–Kier alpha value is -3.79. The number of halogens is 1. The van der Waals surface area contributed by atoms with Crippen molar-refractivity contribution in [3.05, 3.63) is 65.8 Å². The number of benzene rings is 2. The quantitative estimate of drug-likeness (QED) is 0.523. The molecule has 10 heteroatoms. The SMILES string of the molecule is CCN(CC)C(=O)C(c1ccccc1)N1CCN(c2ccc(-c3noc(C(=O)O)n3)cc2F)CC1. The molecule has 184 valence electrons. The van der Waals surface area contributed by atoms with Crippen molar-refractivity contribution in [1.29, 1.82) is 0 Å². The van der Waals surface area contributed by atoms with Crippen LogP contribution >= 0.6 is 0 Å². The van der Waals surface area contributed by atoms with Gasteiger partial charge in [-0.05, 0) is 37.6 Å². The standard InChI is InChI=1S/C25H28FN5O4/c1-3-29(4-2)24(32)21(17-8-6-5-7-9-17)31-14-12-30(13-15-31)20-11-10-18(16-19(20)26)22-27-23(25(33)34)35-28-22/h5-11,16,21H,3-4,12-15H2,1-2H3,(H,33,34). The molecule has 0 spiro atoms. The summed E-state index contributed by atoms with van der Waals surface area (Å²) >= 11 is 0. The van der Waals surface area contributed by atoms with E-state index >= 15 is 4.39 Å². The fourth-order valence-electron chi connectivity index (χ4n) is 4.40. The molecule has 0 aliphatic carbocycles. The van der Waals surface area contributed by atoms with Gasteiger partial charge in [0.25, 0.3) is 0 Å². The summed E-state index contributed by atoms with van der Waals surface area (Å²) in [5, 5.41) is 12.5. The number of carbonyl (C=O) groups is 2. The highest BCUT2D eigenvalue weighted by Gasteiger charge is 2.33. The molecule has 3 aromatic rings. The predicted octanol–water partition coefficient (Wildman–Crippen LogP) is 3.31. The zero-order valence-electron chi connectivity index (χ0n) is 19.7. The van der Waals surface area contributed by atoms with E-state index in [0.29, 0.717) is 50.5 Å². The summed E-state index contributed by atoms with van der Waals surface area (Å²) in [6.45, 7) is 7.54. The minimum atomic E-state index is -1.34. The number of carboxylic acids is 1. The Balaban J connectivity index is 1.49. The Labute approximate surface area is 202 Å². The van der Waals surface area contributed by atoms with E-state index in [4.69, 9.17) is 5.11 Å². The summed E-state index contributed by atoms with van der Waals surface area (Å²) in [5.41, 5.74) is 1.71. The number of nitrogens with zero attached hydrogens (tertiary/aromatic N) is 5. The molecule has 4 rings (SSSR count). The summed E-state index contributed by atoms with van der Waals surface area (Å²) in [4.78, 5) is 34.0. The van der Waals surface area contributed by atoms with Crippen molar-refractivity contribution in [2.24, 2.45) is 0 Å². The first-order valence-corrected chi connectivity index (χ1v) is 11.6. The zero-order valence-corrected chi connectivity index (χ0v) is 19.7. The smallest absolute Gasteiger partial charge is 0.394 e. The molecule has 0 saturated carbocycles. The van der Waals surface area contributed by atoms with Crippen LogP contribution in [0.15, 0.2) is 53.1 Å². The molecule has 0 radical (unpaired) electrons. The lowest BCUT2D eigenvalue weighted by Crippen LogP contribution is -2.51. The van der Waals surface area contributed by atoms with Crippen LogP contribution < -0.4 is 4.90 Å². The number of rotatable bonds is 8. The minimum Gasteiger partial charge on any atom is -0.474 e. The maximum absolute atomic E-state index is 15.0. The summed E-state index contributed by atoms with van der Waals surface area (Å²) < 4.78 is 19.7. The maximum Gasteiger partial charge on any atom is 0.394 e. The lowest BCUT2D eigenvalue weighted by Gasteiger charge is -2.41. The van der Waals surface area contributed by atoms with Crippen LogP contribution in [0.25, 0.3) is 11.4 Å². The number of piperazine rings is 1. The van der Waals surface area contributed by atoms with E-state index in [9.17, 15) is 9.59 Å². The average molecular weight is 482 g/mol. The largest absolute Gasteiger partial charge is 0.474 e. The van der Waals surface area contributed by atoms with Gasteiger partial charge in [-0.3, -0.25) is 9.69 Å². The van der Waals surface area contributed by atoms with Crippen LogP contribution in [0.1, 0.15) is 36.1 Å². The van der Waals surface area contributed by atoms with E-state index < -0.39 is 17.7 Å². The van der Waals surface area contributed by atoms with Crippen molar-refractivity contribution in [3.8, 4) is 11.4 Å². The topological polar surface area (TPSA) is 103 Å². The van der Waals surface area contributed by atoms with E-state index in [1.54, 1.807) is 12.1 Å². The number of likely N-dealkylation sites (N-methyl/N-ethyl adjacent to an activating group) is 1. The van der Waals surface area contributed by atoms with Gasteiger partial charge in [0.15, 0.2) is 0 Å². The van der Waals surface area contributed by atoms with Gasteiger partial charge in [0.05, 0.1) is 5.69 Å². The van der Waals surface area contributed by atoms with Gasteiger partial charge in [-0.2, -0.15) is 4.98 Å². The Kier molecular flexibility index (Phi) is 7.40. The van der Waals surface area contributed by atoms with Crippen LogP contribution in [-0.2, 0) is 4.79 Å². The van der Waals surface area contributed by atoms with Crippen molar-refractivity contribution in [3.63, 3.8) is 0 Å². The number of hydrogen-bond donors (Lipinski definition) is 1. The number of carboxylic acid groups (broad SMARTS) is 1. The lowest BCUT2D eigenvalue weighted by molar-refractivity contribution is -0.137. The van der Waals surface area contributed by atoms with E-state index in [-0.39, 0.29) is 17.8 Å². The van der Waals surface area contributed by atoms with Gasteiger partial charge in [-0.15, -0.1) is 0 Å².